The van der Waals surface area contributed by atoms with Crippen LogP contribution in [0, 0.1) is 5.82 Å². The van der Waals surface area contributed by atoms with Gasteiger partial charge in [-0.2, -0.15) is 0 Å². The van der Waals surface area contributed by atoms with Crippen molar-refractivity contribution in [1.29, 1.82) is 0 Å². The molecule has 1 aromatic heterocycles. The molecule has 21 heavy (non-hydrogen) atoms. The van der Waals surface area contributed by atoms with Crippen molar-refractivity contribution in [2.24, 2.45) is 0 Å². The van der Waals surface area contributed by atoms with Crippen molar-refractivity contribution in [3.8, 4) is 0 Å². The van der Waals surface area contributed by atoms with E-state index < -0.39 is 22.4 Å². The number of hydrogen-bond acceptors (Lipinski definition) is 4. The summed E-state index contributed by atoms with van der Waals surface area (Å²) in [7, 11) is -3.88. The summed E-state index contributed by atoms with van der Waals surface area (Å²) in [5, 5.41) is 9.02. The average molecular weight is 378 g/mol. The Balaban J connectivity index is 2.49. The first-order chi connectivity index (χ1) is 9.90. The smallest absolute Gasteiger partial charge is 0.268 e. The van der Waals surface area contributed by atoms with Crippen LogP contribution in [-0.2, 0) is 16.6 Å². The molecule has 0 atom stereocenters. The van der Waals surface area contributed by atoms with Crippen molar-refractivity contribution >= 4 is 31.6 Å². The first-order valence-corrected chi connectivity index (χ1v) is 8.30. The van der Waals surface area contributed by atoms with E-state index in [1.54, 1.807) is 6.92 Å². The lowest BCUT2D eigenvalue weighted by Crippen LogP contribution is -2.30. The fraction of sp³-hybridized carbons (Fsp3) is 0.231. The number of aliphatic hydroxyl groups excluding tert-OH is 1. The second-order valence-electron chi connectivity index (χ2n) is 4.15. The number of furan rings is 1. The highest BCUT2D eigenvalue weighted by Gasteiger charge is 2.29. The lowest BCUT2D eigenvalue weighted by Gasteiger charge is -2.22. The molecule has 2 aromatic rings. The van der Waals surface area contributed by atoms with Crippen molar-refractivity contribution < 1.29 is 22.3 Å². The van der Waals surface area contributed by atoms with E-state index in [9.17, 15) is 12.8 Å². The predicted octanol–water partition coefficient (Wildman–Crippen LogP) is 2.89. The number of sulfonamides is 1. The van der Waals surface area contributed by atoms with Crippen molar-refractivity contribution in [2.75, 3.05) is 10.8 Å². The van der Waals surface area contributed by atoms with Crippen LogP contribution in [0.3, 0.4) is 0 Å². The van der Waals surface area contributed by atoms with Crippen LogP contribution in [0.5, 0.6) is 0 Å². The molecule has 1 heterocycles. The number of benzene rings is 1. The Hall–Kier alpha value is -1.38. The molecule has 114 valence electrons. The molecule has 0 spiro atoms. The average Bonchev–Trinajstić information content (AvgIpc) is 2.83. The van der Waals surface area contributed by atoms with E-state index in [1.165, 1.54) is 30.3 Å². The Morgan fingerprint density at radius 2 is 1.95 bits per heavy atom. The fourth-order valence-corrected chi connectivity index (χ4v) is 4.31. The number of halogens is 2. The SMILES string of the molecule is CCN(c1ccc(F)cc1)S(=O)(=O)c1cc(CO)oc1Br. The van der Waals surface area contributed by atoms with Crippen LogP contribution in [0.15, 0.2) is 44.3 Å². The molecule has 0 saturated heterocycles. The zero-order valence-corrected chi connectivity index (χ0v) is 13.5. The molecular formula is C13H13BrFNO4S. The molecule has 1 aromatic carbocycles. The fourth-order valence-electron chi connectivity index (χ4n) is 1.87. The summed E-state index contributed by atoms with van der Waals surface area (Å²) in [6.07, 6.45) is 0. The molecule has 0 unspecified atom stereocenters. The molecule has 0 saturated carbocycles. The molecule has 0 radical (unpaired) electrons. The van der Waals surface area contributed by atoms with Crippen LogP contribution < -0.4 is 4.31 Å². The number of anilines is 1. The number of rotatable bonds is 5. The number of aliphatic hydroxyl groups is 1. The summed E-state index contributed by atoms with van der Waals surface area (Å²) in [6.45, 7) is 1.43. The van der Waals surface area contributed by atoms with E-state index >= 15 is 0 Å². The zero-order chi connectivity index (χ0) is 15.6. The predicted molar refractivity (Wildman–Crippen MR) is 78.9 cm³/mol. The Morgan fingerprint density at radius 3 is 2.43 bits per heavy atom. The summed E-state index contributed by atoms with van der Waals surface area (Å²) >= 11 is 3.03. The van der Waals surface area contributed by atoms with Gasteiger partial charge in [-0.1, -0.05) is 0 Å². The van der Waals surface area contributed by atoms with E-state index in [1.807, 2.05) is 0 Å². The first kappa shape index (κ1) is 16.0. The van der Waals surface area contributed by atoms with Crippen molar-refractivity contribution in [1.82, 2.24) is 0 Å². The van der Waals surface area contributed by atoms with Gasteiger partial charge in [0, 0.05) is 12.6 Å². The summed E-state index contributed by atoms with van der Waals surface area (Å²) < 4.78 is 44.5. The van der Waals surface area contributed by atoms with Gasteiger partial charge in [0.2, 0.25) is 0 Å². The molecule has 2 rings (SSSR count). The second-order valence-corrected chi connectivity index (χ2v) is 6.71. The van der Waals surface area contributed by atoms with E-state index in [0.29, 0.717) is 5.69 Å². The second kappa shape index (κ2) is 6.17. The number of nitrogens with zero attached hydrogens (tertiary/aromatic N) is 1. The third-order valence-electron chi connectivity index (χ3n) is 2.83. The van der Waals surface area contributed by atoms with Crippen LogP contribution in [0.4, 0.5) is 10.1 Å². The van der Waals surface area contributed by atoms with E-state index in [4.69, 9.17) is 9.52 Å². The molecule has 0 aliphatic heterocycles. The summed E-state index contributed by atoms with van der Waals surface area (Å²) in [6, 6.07) is 6.41. The van der Waals surface area contributed by atoms with E-state index in [0.717, 1.165) is 4.31 Å². The van der Waals surface area contributed by atoms with Gasteiger partial charge in [-0.15, -0.1) is 0 Å². The molecule has 0 amide bonds. The van der Waals surface area contributed by atoms with Crippen LogP contribution >= 0.6 is 15.9 Å². The Labute approximate surface area is 130 Å². The summed E-state index contributed by atoms with van der Waals surface area (Å²) in [5.74, 6) is -0.310. The maximum atomic E-state index is 13.0. The Bertz CT molecular complexity index is 727. The Morgan fingerprint density at radius 1 is 1.33 bits per heavy atom. The van der Waals surface area contributed by atoms with Crippen LogP contribution in [-0.4, -0.2) is 20.1 Å². The van der Waals surface area contributed by atoms with Gasteiger partial charge in [-0.3, -0.25) is 4.31 Å². The third kappa shape index (κ3) is 3.12. The van der Waals surface area contributed by atoms with Gasteiger partial charge in [-0.05, 0) is 47.1 Å². The van der Waals surface area contributed by atoms with Crippen molar-refractivity contribution in [3.05, 3.63) is 46.6 Å². The minimum absolute atomic E-state index is 0.0205. The largest absolute Gasteiger partial charge is 0.450 e. The zero-order valence-electron chi connectivity index (χ0n) is 11.1. The van der Waals surface area contributed by atoms with Gasteiger partial charge in [-0.25, -0.2) is 12.8 Å². The first-order valence-electron chi connectivity index (χ1n) is 6.07. The van der Waals surface area contributed by atoms with Crippen LogP contribution in [0.2, 0.25) is 0 Å². The maximum Gasteiger partial charge on any atom is 0.268 e. The van der Waals surface area contributed by atoms with Crippen molar-refractivity contribution in [2.45, 2.75) is 18.4 Å². The molecular weight excluding hydrogens is 365 g/mol. The van der Waals surface area contributed by atoms with Gasteiger partial charge in [0.15, 0.2) is 4.67 Å². The van der Waals surface area contributed by atoms with Crippen LogP contribution in [0.25, 0.3) is 0 Å². The van der Waals surface area contributed by atoms with E-state index in [2.05, 4.69) is 15.9 Å². The minimum atomic E-state index is -3.88. The van der Waals surface area contributed by atoms with Crippen LogP contribution in [0.1, 0.15) is 12.7 Å². The van der Waals surface area contributed by atoms with Gasteiger partial charge >= 0.3 is 0 Å². The normalized spacial score (nSPS) is 11.6. The monoisotopic (exact) mass is 377 g/mol. The summed E-state index contributed by atoms with van der Waals surface area (Å²) in [4.78, 5) is -0.0854. The summed E-state index contributed by atoms with van der Waals surface area (Å²) in [5.41, 5.74) is 0.345. The highest BCUT2D eigenvalue weighted by molar-refractivity contribution is 9.10. The minimum Gasteiger partial charge on any atom is -0.450 e. The Kier molecular flexibility index (Phi) is 4.70. The molecule has 0 bridgehead atoms. The van der Waals surface area contributed by atoms with Gasteiger partial charge in [0.05, 0.1) is 5.69 Å². The number of hydrogen-bond donors (Lipinski definition) is 1. The third-order valence-corrected chi connectivity index (χ3v) is 5.59. The van der Waals surface area contributed by atoms with Gasteiger partial charge < -0.3 is 9.52 Å². The van der Waals surface area contributed by atoms with Gasteiger partial charge in [0.25, 0.3) is 10.0 Å². The highest BCUT2D eigenvalue weighted by Crippen LogP contribution is 2.31. The topological polar surface area (TPSA) is 70.8 Å². The van der Waals surface area contributed by atoms with Gasteiger partial charge in [0.1, 0.15) is 23.1 Å². The highest BCUT2D eigenvalue weighted by atomic mass is 79.9. The molecule has 0 fully saturated rings. The van der Waals surface area contributed by atoms with Crippen molar-refractivity contribution in [3.63, 3.8) is 0 Å². The van der Waals surface area contributed by atoms with E-state index in [-0.39, 0.29) is 21.9 Å². The maximum absolute atomic E-state index is 13.0. The quantitative estimate of drug-likeness (QED) is 0.869. The molecule has 0 aliphatic carbocycles. The standard InChI is InChI=1S/C13H13BrFNO4S/c1-2-16(10-5-3-9(15)4-6-10)21(18,19)12-7-11(8-17)20-13(12)14/h3-7,17H,2,8H2,1H3. The molecule has 1 N–H and O–H groups in total. The molecule has 8 heteroatoms. The molecule has 0 aliphatic rings. The lowest BCUT2D eigenvalue weighted by molar-refractivity contribution is 0.245. The molecule has 5 nitrogen and oxygen atoms in total. The lowest BCUT2D eigenvalue weighted by atomic mass is 10.3.